The first-order chi connectivity index (χ1) is 8.66. The van der Waals surface area contributed by atoms with E-state index in [9.17, 15) is 18.3 Å². The molecule has 0 aromatic heterocycles. The van der Waals surface area contributed by atoms with Crippen LogP contribution in [-0.2, 0) is 14.8 Å². The van der Waals surface area contributed by atoms with E-state index < -0.39 is 33.0 Å². The fourth-order valence-electron chi connectivity index (χ4n) is 1.32. The molecule has 0 fully saturated rings. The molecule has 0 saturated carbocycles. The van der Waals surface area contributed by atoms with Crippen molar-refractivity contribution >= 4 is 39.2 Å². The molecule has 0 spiro atoms. The van der Waals surface area contributed by atoms with Gasteiger partial charge in [0.25, 0.3) is 0 Å². The molecule has 0 amide bonds. The predicted molar refractivity (Wildman–Crippen MR) is 69.9 cm³/mol. The monoisotopic (exact) mass is 327 g/mol. The first kappa shape index (κ1) is 16.2. The number of aliphatic carboxylic acids is 1. The van der Waals surface area contributed by atoms with E-state index in [1.807, 2.05) is 4.72 Å². The lowest BCUT2D eigenvalue weighted by Crippen LogP contribution is -2.47. The standard InChI is InChI=1S/C10H11Cl2NO5S/c1-5(14)8(10(15)16)13-19(17,18)9-6(11)3-2-4-7(9)12/h2-5,8,13-14H,1H3,(H,15,16)/t5-,8+/m1/s1. The number of halogens is 2. The molecule has 1 aromatic rings. The number of nitrogens with one attached hydrogen (secondary N) is 1. The lowest BCUT2D eigenvalue weighted by Gasteiger charge is -2.18. The van der Waals surface area contributed by atoms with E-state index in [0.717, 1.165) is 6.92 Å². The van der Waals surface area contributed by atoms with Gasteiger partial charge in [-0.3, -0.25) is 4.79 Å². The van der Waals surface area contributed by atoms with Crippen LogP contribution in [0.5, 0.6) is 0 Å². The van der Waals surface area contributed by atoms with Crippen LogP contribution in [0, 0.1) is 0 Å². The summed E-state index contributed by atoms with van der Waals surface area (Å²) in [5, 5.41) is 17.8. The maximum absolute atomic E-state index is 12.0. The maximum Gasteiger partial charge on any atom is 0.324 e. The molecule has 0 aliphatic heterocycles. The molecule has 1 aromatic carbocycles. The second-order valence-electron chi connectivity index (χ2n) is 3.73. The first-order valence-electron chi connectivity index (χ1n) is 5.04. The third kappa shape index (κ3) is 3.80. The highest BCUT2D eigenvalue weighted by Gasteiger charge is 2.31. The molecule has 3 N–H and O–H groups in total. The van der Waals surface area contributed by atoms with Crippen LogP contribution < -0.4 is 4.72 Å². The second kappa shape index (κ2) is 6.06. The fourth-order valence-corrected chi connectivity index (χ4v) is 3.73. The Kier molecular flexibility index (Phi) is 5.17. The van der Waals surface area contributed by atoms with E-state index in [1.54, 1.807) is 0 Å². The summed E-state index contributed by atoms with van der Waals surface area (Å²) < 4.78 is 25.9. The zero-order valence-electron chi connectivity index (χ0n) is 9.67. The van der Waals surface area contributed by atoms with Gasteiger partial charge in [0, 0.05) is 0 Å². The third-order valence-corrected chi connectivity index (χ3v) is 4.61. The van der Waals surface area contributed by atoms with Gasteiger partial charge in [0.1, 0.15) is 10.9 Å². The number of benzene rings is 1. The SMILES string of the molecule is C[C@@H](O)[C@H](NS(=O)(=O)c1c(Cl)cccc1Cl)C(=O)O. The largest absolute Gasteiger partial charge is 0.480 e. The van der Waals surface area contributed by atoms with Crippen LogP contribution in [0.4, 0.5) is 0 Å². The summed E-state index contributed by atoms with van der Waals surface area (Å²) in [6, 6.07) is 2.37. The van der Waals surface area contributed by atoms with E-state index in [2.05, 4.69) is 0 Å². The molecule has 0 unspecified atom stereocenters. The Morgan fingerprint density at radius 3 is 2.16 bits per heavy atom. The number of hydrogen-bond donors (Lipinski definition) is 3. The summed E-state index contributed by atoms with van der Waals surface area (Å²) in [4.78, 5) is 10.4. The molecule has 9 heteroatoms. The van der Waals surface area contributed by atoms with Crippen molar-refractivity contribution < 1.29 is 23.4 Å². The smallest absolute Gasteiger partial charge is 0.324 e. The quantitative estimate of drug-likeness (QED) is 0.751. The van der Waals surface area contributed by atoms with Gasteiger partial charge in [0.2, 0.25) is 10.0 Å². The summed E-state index contributed by atoms with van der Waals surface area (Å²) in [6.45, 7) is 1.15. The number of rotatable bonds is 5. The van der Waals surface area contributed by atoms with Crippen LogP contribution in [-0.4, -0.2) is 36.7 Å². The minimum Gasteiger partial charge on any atom is -0.480 e. The first-order valence-corrected chi connectivity index (χ1v) is 7.28. The van der Waals surface area contributed by atoms with Gasteiger partial charge in [-0.1, -0.05) is 29.3 Å². The molecule has 6 nitrogen and oxygen atoms in total. The molecule has 2 atom stereocenters. The van der Waals surface area contributed by atoms with Gasteiger partial charge in [0.15, 0.2) is 0 Å². The van der Waals surface area contributed by atoms with Crippen molar-refractivity contribution in [2.24, 2.45) is 0 Å². The Bertz CT molecular complexity index is 567. The van der Waals surface area contributed by atoms with Crippen LogP contribution >= 0.6 is 23.2 Å². The minimum absolute atomic E-state index is 0.144. The summed E-state index contributed by atoms with van der Waals surface area (Å²) in [5.74, 6) is -1.51. The van der Waals surface area contributed by atoms with Crippen LogP contribution in [0.15, 0.2) is 23.1 Å². The molecule has 0 saturated heterocycles. The van der Waals surface area contributed by atoms with Crippen molar-refractivity contribution in [2.45, 2.75) is 24.0 Å². The highest BCUT2D eigenvalue weighted by atomic mass is 35.5. The third-order valence-electron chi connectivity index (χ3n) is 2.22. The lowest BCUT2D eigenvalue weighted by molar-refractivity contribution is -0.141. The molecular weight excluding hydrogens is 317 g/mol. The number of sulfonamides is 1. The number of carboxylic acid groups (broad SMARTS) is 1. The van der Waals surface area contributed by atoms with Crippen LogP contribution in [0.25, 0.3) is 0 Å². The molecule has 0 aliphatic rings. The van der Waals surface area contributed by atoms with Gasteiger partial charge in [0.05, 0.1) is 16.1 Å². The zero-order valence-corrected chi connectivity index (χ0v) is 12.0. The van der Waals surface area contributed by atoms with E-state index in [0.29, 0.717) is 0 Å². The molecule has 0 radical (unpaired) electrons. The molecule has 0 bridgehead atoms. The Hall–Kier alpha value is -0.860. The van der Waals surface area contributed by atoms with Crippen LogP contribution in [0.3, 0.4) is 0 Å². The minimum atomic E-state index is -4.27. The molecule has 0 heterocycles. The molecule has 19 heavy (non-hydrogen) atoms. The molecule has 0 aliphatic carbocycles. The highest BCUT2D eigenvalue weighted by Crippen LogP contribution is 2.29. The Labute approximate surface area is 120 Å². The number of aliphatic hydroxyl groups excluding tert-OH is 1. The summed E-state index contributed by atoms with van der Waals surface area (Å²) >= 11 is 11.5. The topological polar surface area (TPSA) is 104 Å². The lowest BCUT2D eigenvalue weighted by atomic mass is 10.2. The van der Waals surface area contributed by atoms with E-state index in [4.69, 9.17) is 28.3 Å². The van der Waals surface area contributed by atoms with Crippen molar-refractivity contribution in [1.29, 1.82) is 0 Å². The molecular formula is C10H11Cl2NO5S. The average Bonchev–Trinajstić information content (AvgIpc) is 2.24. The number of hydrogen-bond acceptors (Lipinski definition) is 4. The summed E-state index contributed by atoms with van der Waals surface area (Å²) in [5.41, 5.74) is 0. The second-order valence-corrected chi connectivity index (χ2v) is 6.19. The van der Waals surface area contributed by atoms with Crippen molar-refractivity contribution in [3.8, 4) is 0 Å². The van der Waals surface area contributed by atoms with Crippen LogP contribution in [0.1, 0.15) is 6.92 Å². The number of carboxylic acids is 1. The Morgan fingerprint density at radius 2 is 1.79 bits per heavy atom. The Morgan fingerprint density at radius 1 is 1.32 bits per heavy atom. The Balaban J connectivity index is 3.22. The van der Waals surface area contributed by atoms with Crippen molar-refractivity contribution in [3.05, 3.63) is 28.2 Å². The fraction of sp³-hybridized carbons (Fsp3) is 0.300. The van der Waals surface area contributed by atoms with Gasteiger partial charge in [-0.15, -0.1) is 0 Å². The number of carbonyl (C=O) groups is 1. The maximum atomic E-state index is 12.0. The van der Waals surface area contributed by atoms with E-state index in [-0.39, 0.29) is 10.0 Å². The van der Waals surface area contributed by atoms with E-state index >= 15 is 0 Å². The highest BCUT2D eigenvalue weighted by molar-refractivity contribution is 7.89. The number of aliphatic hydroxyl groups is 1. The average molecular weight is 328 g/mol. The van der Waals surface area contributed by atoms with E-state index in [1.165, 1.54) is 18.2 Å². The van der Waals surface area contributed by atoms with Gasteiger partial charge in [-0.25, -0.2) is 8.42 Å². The van der Waals surface area contributed by atoms with Gasteiger partial charge >= 0.3 is 5.97 Å². The van der Waals surface area contributed by atoms with Crippen molar-refractivity contribution in [1.82, 2.24) is 4.72 Å². The van der Waals surface area contributed by atoms with Crippen LogP contribution in [0.2, 0.25) is 10.0 Å². The predicted octanol–water partition coefficient (Wildman–Crippen LogP) is 1.11. The molecule has 106 valence electrons. The normalized spacial score (nSPS) is 14.9. The van der Waals surface area contributed by atoms with Crippen molar-refractivity contribution in [3.63, 3.8) is 0 Å². The van der Waals surface area contributed by atoms with Crippen molar-refractivity contribution in [2.75, 3.05) is 0 Å². The van der Waals surface area contributed by atoms with Gasteiger partial charge in [-0.05, 0) is 19.1 Å². The van der Waals surface area contributed by atoms with Gasteiger partial charge < -0.3 is 10.2 Å². The molecule has 1 rings (SSSR count). The zero-order chi connectivity index (χ0) is 14.8. The van der Waals surface area contributed by atoms with Gasteiger partial charge in [-0.2, -0.15) is 4.72 Å². The summed E-state index contributed by atoms with van der Waals surface area (Å²) in [7, 11) is -4.27. The summed E-state index contributed by atoms with van der Waals surface area (Å²) in [6.07, 6.45) is -1.42.